The van der Waals surface area contributed by atoms with Crippen LogP contribution in [0.25, 0.3) is 0 Å². The van der Waals surface area contributed by atoms with Crippen molar-refractivity contribution in [3.05, 3.63) is 29.3 Å². The summed E-state index contributed by atoms with van der Waals surface area (Å²) in [5.74, 6) is 1.15. The third-order valence-corrected chi connectivity index (χ3v) is 5.05. The number of nitrogens with one attached hydrogen (secondary N) is 1. The van der Waals surface area contributed by atoms with Gasteiger partial charge in [-0.2, -0.15) is 5.10 Å². The SMILES string of the molecule is CCC1CCC(=NNC(=O)CSc2ccc(Cl)cc2)CC1. The Morgan fingerprint density at radius 2 is 2.00 bits per heavy atom. The molecule has 21 heavy (non-hydrogen) atoms. The van der Waals surface area contributed by atoms with E-state index in [9.17, 15) is 4.79 Å². The van der Waals surface area contributed by atoms with E-state index in [2.05, 4.69) is 17.5 Å². The van der Waals surface area contributed by atoms with Crippen LogP contribution < -0.4 is 5.43 Å². The zero-order chi connectivity index (χ0) is 15.1. The van der Waals surface area contributed by atoms with Crippen LogP contribution in [-0.2, 0) is 4.79 Å². The molecule has 0 atom stereocenters. The second kappa shape index (κ2) is 8.44. The number of hydrogen-bond acceptors (Lipinski definition) is 3. The minimum atomic E-state index is -0.0555. The van der Waals surface area contributed by atoms with Crippen molar-refractivity contribution in [3.63, 3.8) is 0 Å². The molecule has 0 spiro atoms. The van der Waals surface area contributed by atoms with E-state index in [1.54, 1.807) is 0 Å². The number of nitrogens with zero attached hydrogens (tertiary/aromatic N) is 1. The zero-order valence-electron chi connectivity index (χ0n) is 12.3. The number of thioether (sulfide) groups is 1. The monoisotopic (exact) mass is 324 g/mol. The topological polar surface area (TPSA) is 41.5 Å². The summed E-state index contributed by atoms with van der Waals surface area (Å²) in [4.78, 5) is 12.8. The summed E-state index contributed by atoms with van der Waals surface area (Å²) in [5.41, 5.74) is 3.80. The molecule has 1 amide bonds. The van der Waals surface area contributed by atoms with E-state index in [0.717, 1.165) is 29.4 Å². The van der Waals surface area contributed by atoms with Crippen LogP contribution in [0.1, 0.15) is 39.0 Å². The number of amides is 1. The van der Waals surface area contributed by atoms with Gasteiger partial charge in [0.15, 0.2) is 0 Å². The fourth-order valence-corrected chi connectivity index (χ4v) is 3.20. The Kier molecular flexibility index (Phi) is 6.58. The number of carbonyl (C=O) groups is 1. The average molecular weight is 325 g/mol. The maximum Gasteiger partial charge on any atom is 0.250 e. The van der Waals surface area contributed by atoms with E-state index in [1.165, 1.54) is 31.0 Å². The predicted molar refractivity (Wildman–Crippen MR) is 90.0 cm³/mol. The van der Waals surface area contributed by atoms with Gasteiger partial charge in [-0.3, -0.25) is 4.79 Å². The predicted octanol–water partition coefficient (Wildman–Crippen LogP) is 4.50. The molecular formula is C16H21ClN2OS. The van der Waals surface area contributed by atoms with Crippen LogP contribution in [0.15, 0.2) is 34.3 Å². The highest BCUT2D eigenvalue weighted by molar-refractivity contribution is 8.00. The number of hydrogen-bond donors (Lipinski definition) is 1. The smallest absolute Gasteiger partial charge is 0.250 e. The Morgan fingerprint density at radius 3 is 2.62 bits per heavy atom. The maximum absolute atomic E-state index is 11.8. The molecule has 0 aromatic heterocycles. The molecule has 1 N–H and O–H groups in total. The van der Waals surface area contributed by atoms with Gasteiger partial charge in [-0.25, -0.2) is 5.43 Å². The summed E-state index contributed by atoms with van der Waals surface area (Å²) < 4.78 is 0. The summed E-state index contributed by atoms with van der Waals surface area (Å²) in [5, 5.41) is 4.97. The van der Waals surface area contributed by atoms with Crippen LogP contribution in [0.5, 0.6) is 0 Å². The van der Waals surface area contributed by atoms with E-state index in [4.69, 9.17) is 11.6 Å². The molecule has 0 heterocycles. The molecule has 1 aliphatic carbocycles. The maximum atomic E-state index is 11.8. The van der Waals surface area contributed by atoms with Crippen molar-refractivity contribution in [1.82, 2.24) is 5.43 Å². The first-order valence-corrected chi connectivity index (χ1v) is 8.76. The van der Waals surface area contributed by atoms with E-state index in [0.29, 0.717) is 10.8 Å². The van der Waals surface area contributed by atoms with E-state index in [-0.39, 0.29) is 5.91 Å². The Bertz CT molecular complexity index is 492. The van der Waals surface area contributed by atoms with Crippen LogP contribution in [-0.4, -0.2) is 17.4 Å². The average Bonchev–Trinajstić information content (AvgIpc) is 2.53. The molecule has 2 rings (SSSR count). The van der Waals surface area contributed by atoms with Crippen molar-refractivity contribution in [1.29, 1.82) is 0 Å². The van der Waals surface area contributed by atoms with Crippen molar-refractivity contribution in [2.24, 2.45) is 11.0 Å². The van der Waals surface area contributed by atoms with Crippen LogP contribution in [0.4, 0.5) is 0 Å². The molecule has 5 heteroatoms. The van der Waals surface area contributed by atoms with Crippen molar-refractivity contribution in [2.75, 3.05) is 5.75 Å². The lowest BCUT2D eigenvalue weighted by Gasteiger charge is -2.21. The minimum Gasteiger partial charge on any atom is -0.272 e. The number of carbonyl (C=O) groups excluding carboxylic acids is 1. The highest BCUT2D eigenvalue weighted by Crippen LogP contribution is 2.24. The Hall–Kier alpha value is -1.00. The first-order valence-electron chi connectivity index (χ1n) is 7.40. The minimum absolute atomic E-state index is 0.0555. The lowest BCUT2D eigenvalue weighted by atomic mass is 9.86. The normalized spacial score (nSPS) is 18.4. The van der Waals surface area contributed by atoms with Crippen LogP contribution in [0.2, 0.25) is 5.02 Å². The molecule has 0 unspecified atom stereocenters. The molecule has 1 fully saturated rings. The van der Waals surface area contributed by atoms with Gasteiger partial charge < -0.3 is 0 Å². The van der Waals surface area contributed by atoms with Gasteiger partial charge in [0.1, 0.15) is 0 Å². The van der Waals surface area contributed by atoms with Gasteiger partial charge in [0, 0.05) is 15.6 Å². The largest absolute Gasteiger partial charge is 0.272 e. The lowest BCUT2D eigenvalue weighted by molar-refractivity contribution is -0.118. The highest BCUT2D eigenvalue weighted by atomic mass is 35.5. The van der Waals surface area contributed by atoms with E-state index in [1.807, 2.05) is 24.3 Å². The summed E-state index contributed by atoms with van der Waals surface area (Å²) >= 11 is 7.31. The fraction of sp³-hybridized carbons (Fsp3) is 0.500. The van der Waals surface area contributed by atoms with Gasteiger partial charge in [0.2, 0.25) is 5.91 Å². The van der Waals surface area contributed by atoms with Crippen molar-refractivity contribution in [2.45, 2.75) is 43.9 Å². The van der Waals surface area contributed by atoms with Crippen molar-refractivity contribution in [3.8, 4) is 0 Å². The fourth-order valence-electron chi connectivity index (χ4n) is 2.38. The third-order valence-electron chi connectivity index (χ3n) is 3.78. The van der Waals surface area contributed by atoms with Crippen molar-refractivity contribution >= 4 is 35.0 Å². The number of halogens is 1. The Labute approximate surface area is 135 Å². The molecule has 0 saturated heterocycles. The zero-order valence-corrected chi connectivity index (χ0v) is 13.8. The molecule has 1 aromatic rings. The quantitative estimate of drug-likeness (QED) is 0.639. The van der Waals surface area contributed by atoms with Crippen LogP contribution in [0, 0.1) is 5.92 Å². The molecular weight excluding hydrogens is 304 g/mol. The highest BCUT2D eigenvalue weighted by Gasteiger charge is 2.16. The molecule has 3 nitrogen and oxygen atoms in total. The summed E-state index contributed by atoms with van der Waals surface area (Å²) in [6, 6.07) is 7.48. The number of hydrazone groups is 1. The summed E-state index contributed by atoms with van der Waals surface area (Å²) in [6.45, 7) is 2.24. The van der Waals surface area contributed by atoms with Gasteiger partial charge in [0.25, 0.3) is 0 Å². The molecule has 0 radical (unpaired) electrons. The van der Waals surface area contributed by atoms with Gasteiger partial charge in [0.05, 0.1) is 5.75 Å². The summed E-state index contributed by atoms with van der Waals surface area (Å²) in [6.07, 6.45) is 5.68. The number of rotatable bonds is 5. The van der Waals surface area contributed by atoms with Crippen LogP contribution in [0.3, 0.4) is 0 Å². The molecule has 0 aliphatic heterocycles. The molecule has 1 saturated carbocycles. The number of benzene rings is 1. The Balaban J connectivity index is 1.71. The van der Waals surface area contributed by atoms with E-state index < -0.39 is 0 Å². The molecule has 0 bridgehead atoms. The second-order valence-electron chi connectivity index (χ2n) is 5.31. The second-order valence-corrected chi connectivity index (χ2v) is 6.79. The van der Waals surface area contributed by atoms with Gasteiger partial charge >= 0.3 is 0 Å². The van der Waals surface area contributed by atoms with E-state index >= 15 is 0 Å². The van der Waals surface area contributed by atoms with Gasteiger partial charge in [-0.1, -0.05) is 24.9 Å². The summed E-state index contributed by atoms with van der Waals surface area (Å²) in [7, 11) is 0. The van der Waals surface area contributed by atoms with Crippen LogP contribution >= 0.6 is 23.4 Å². The first-order chi connectivity index (χ1) is 10.2. The lowest BCUT2D eigenvalue weighted by Crippen LogP contribution is -2.23. The Morgan fingerprint density at radius 1 is 1.33 bits per heavy atom. The van der Waals surface area contributed by atoms with Gasteiger partial charge in [-0.15, -0.1) is 11.8 Å². The van der Waals surface area contributed by atoms with Crippen molar-refractivity contribution < 1.29 is 4.79 Å². The standard InChI is InChI=1S/C16H21ClN2OS/c1-2-12-3-7-14(8-4-12)18-19-16(20)11-21-15-9-5-13(17)6-10-15/h5-6,9-10,12H,2-4,7-8,11H2,1H3,(H,19,20). The van der Waals surface area contributed by atoms with Gasteiger partial charge in [-0.05, 0) is 55.9 Å². The molecule has 1 aliphatic rings. The first kappa shape index (κ1) is 16.4. The molecule has 114 valence electrons. The third kappa shape index (κ3) is 5.71. The molecule has 1 aromatic carbocycles.